The molecule has 1 saturated carbocycles. The number of rotatable bonds is 4. The molecule has 4 heteroatoms. The summed E-state index contributed by atoms with van der Waals surface area (Å²) in [6.45, 7) is 0.938. The molecule has 118 valence electrons. The number of aromatic nitrogens is 2. The molecule has 1 fully saturated rings. The maximum Gasteiger partial charge on any atom is 0.145 e. The van der Waals surface area contributed by atoms with Gasteiger partial charge in [-0.2, -0.15) is 0 Å². The Bertz CT molecular complexity index is 615. The Morgan fingerprint density at radius 3 is 2.41 bits per heavy atom. The average molecular weight is 298 g/mol. The number of para-hydroxylation sites is 2. The van der Waals surface area contributed by atoms with E-state index in [1.54, 1.807) is 0 Å². The van der Waals surface area contributed by atoms with Crippen LogP contribution in [0, 0.1) is 0 Å². The lowest BCUT2D eigenvalue weighted by Crippen LogP contribution is -2.49. The van der Waals surface area contributed by atoms with Crippen LogP contribution in [0.3, 0.4) is 0 Å². The third-order valence-electron chi connectivity index (χ3n) is 5.03. The van der Waals surface area contributed by atoms with Crippen molar-refractivity contribution in [3.8, 4) is 0 Å². The zero-order valence-electron chi connectivity index (χ0n) is 13.7. The minimum Gasteiger partial charge on any atom is -0.367 e. The van der Waals surface area contributed by atoms with Crippen LogP contribution < -0.4 is 5.32 Å². The number of benzene rings is 1. The lowest BCUT2D eigenvalue weighted by Gasteiger charge is -2.39. The molecule has 4 nitrogen and oxygen atoms in total. The maximum absolute atomic E-state index is 4.68. The molecule has 1 aromatic carbocycles. The Morgan fingerprint density at radius 1 is 1.05 bits per heavy atom. The first-order chi connectivity index (χ1) is 10.7. The lowest BCUT2D eigenvalue weighted by molar-refractivity contribution is 0.143. The average Bonchev–Trinajstić information content (AvgIpc) is 2.79. The van der Waals surface area contributed by atoms with Gasteiger partial charge in [0.15, 0.2) is 0 Å². The summed E-state index contributed by atoms with van der Waals surface area (Å²) in [6.07, 6.45) is 9.74. The van der Waals surface area contributed by atoms with E-state index >= 15 is 0 Å². The van der Waals surface area contributed by atoms with Crippen molar-refractivity contribution in [2.45, 2.75) is 44.1 Å². The minimum absolute atomic E-state index is 0.240. The largest absolute Gasteiger partial charge is 0.367 e. The molecule has 3 rings (SSSR count). The highest BCUT2D eigenvalue weighted by molar-refractivity contribution is 5.75. The number of hydrogen-bond acceptors (Lipinski definition) is 4. The summed E-state index contributed by atoms with van der Waals surface area (Å²) in [4.78, 5) is 11.6. The molecule has 1 N–H and O–H groups in total. The van der Waals surface area contributed by atoms with Crippen molar-refractivity contribution in [3.63, 3.8) is 0 Å². The molecule has 0 radical (unpaired) electrons. The number of hydrogen-bond donors (Lipinski definition) is 1. The van der Waals surface area contributed by atoms with E-state index in [-0.39, 0.29) is 5.54 Å². The zero-order valence-corrected chi connectivity index (χ0v) is 13.7. The molecule has 0 aliphatic heterocycles. The van der Waals surface area contributed by atoms with Gasteiger partial charge in [0, 0.05) is 12.1 Å². The van der Waals surface area contributed by atoms with Gasteiger partial charge in [-0.25, -0.2) is 4.98 Å². The highest BCUT2D eigenvalue weighted by Crippen LogP contribution is 2.31. The Morgan fingerprint density at radius 2 is 1.73 bits per heavy atom. The summed E-state index contributed by atoms with van der Waals surface area (Å²) in [6, 6.07) is 8.02. The molecule has 0 amide bonds. The number of fused-ring (bicyclic) bond motifs is 1. The van der Waals surface area contributed by atoms with Crippen LogP contribution in [-0.2, 0) is 0 Å². The molecule has 0 bridgehead atoms. The Hall–Kier alpha value is -1.68. The van der Waals surface area contributed by atoms with Crippen molar-refractivity contribution in [2.24, 2.45) is 0 Å². The highest BCUT2D eigenvalue weighted by atomic mass is 15.2. The van der Waals surface area contributed by atoms with Gasteiger partial charge in [-0.05, 0) is 39.1 Å². The number of anilines is 1. The predicted octanol–water partition coefficient (Wildman–Crippen LogP) is 3.70. The monoisotopic (exact) mass is 298 g/mol. The van der Waals surface area contributed by atoms with Gasteiger partial charge in [-0.15, -0.1) is 0 Å². The van der Waals surface area contributed by atoms with Gasteiger partial charge >= 0.3 is 0 Å². The molecule has 1 aliphatic rings. The molecule has 0 atom stereocenters. The standard InChI is InChI=1S/C18H26N4/c1-22(2)18(11-7-3-4-8-12-18)14-20-17-13-19-15-9-5-6-10-16(15)21-17/h5-6,9-10,13H,3-4,7-8,11-12,14H2,1-2H3,(H,20,21). The van der Waals surface area contributed by atoms with E-state index in [9.17, 15) is 0 Å². The molecular weight excluding hydrogens is 272 g/mol. The van der Waals surface area contributed by atoms with Gasteiger partial charge in [0.2, 0.25) is 0 Å². The molecule has 22 heavy (non-hydrogen) atoms. The van der Waals surface area contributed by atoms with Crippen LogP contribution in [-0.4, -0.2) is 41.0 Å². The topological polar surface area (TPSA) is 41.0 Å². The number of nitrogens with one attached hydrogen (secondary N) is 1. The second-order valence-electron chi connectivity index (χ2n) is 6.63. The first kappa shape index (κ1) is 15.2. The molecule has 0 spiro atoms. The summed E-state index contributed by atoms with van der Waals surface area (Å²) in [5.74, 6) is 0.879. The smallest absolute Gasteiger partial charge is 0.145 e. The molecular formula is C18H26N4. The Labute approximate surface area is 133 Å². The second kappa shape index (κ2) is 6.61. The van der Waals surface area contributed by atoms with Crippen molar-refractivity contribution < 1.29 is 0 Å². The van der Waals surface area contributed by atoms with Crippen LogP contribution in [0.25, 0.3) is 11.0 Å². The molecule has 1 aliphatic carbocycles. The number of nitrogens with zero attached hydrogens (tertiary/aromatic N) is 3. The van der Waals surface area contributed by atoms with Gasteiger partial charge in [0.1, 0.15) is 5.82 Å². The summed E-state index contributed by atoms with van der Waals surface area (Å²) >= 11 is 0. The van der Waals surface area contributed by atoms with E-state index < -0.39 is 0 Å². The van der Waals surface area contributed by atoms with Crippen LogP contribution in [0.1, 0.15) is 38.5 Å². The summed E-state index contributed by atoms with van der Waals surface area (Å²) in [5, 5.41) is 3.54. The van der Waals surface area contributed by atoms with Crippen LogP contribution in [0.4, 0.5) is 5.82 Å². The van der Waals surface area contributed by atoms with E-state index in [2.05, 4.69) is 34.3 Å². The fourth-order valence-corrected chi connectivity index (χ4v) is 3.47. The summed E-state index contributed by atoms with van der Waals surface area (Å²) < 4.78 is 0. The van der Waals surface area contributed by atoms with Crippen molar-refractivity contribution >= 4 is 16.9 Å². The third kappa shape index (κ3) is 3.22. The summed E-state index contributed by atoms with van der Waals surface area (Å²) in [5.41, 5.74) is 2.14. The fourth-order valence-electron chi connectivity index (χ4n) is 3.47. The first-order valence-electron chi connectivity index (χ1n) is 8.33. The van der Waals surface area contributed by atoms with Crippen LogP contribution in [0.2, 0.25) is 0 Å². The lowest BCUT2D eigenvalue weighted by atomic mass is 9.88. The van der Waals surface area contributed by atoms with Crippen molar-refractivity contribution in [1.29, 1.82) is 0 Å². The van der Waals surface area contributed by atoms with Gasteiger partial charge < -0.3 is 10.2 Å². The summed E-state index contributed by atoms with van der Waals surface area (Å²) in [7, 11) is 4.41. The van der Waals surface area contributed by atoms with E-state index in [0.29, 0.717) is 0 Å². The zero-order chi connectivity index (χ0) is 15.4. The van der Waals surface area contributed by atoms with Gasteiger partial charge in [-0.1, -0.05) is 37.8 Å². The fraction of sp³-hybridized carbons (Fsp3) is 0.556. The van der Waals surface area contributed by atoms with Crippen molar-refractivity contribution in [2.75, 3.05) is 26.0 Å². The molecule has 0 unspecified atom stereocenters. The quantitative estimate of drug-likeness (QED) is 0.874. The third-order valence-corrected chi connectivity index (χ3v) is 5.03. The SMILES string of the molecule is CN(C)C1(CNc2cnc3ccccc3n2)CCCCCC1. The Kier molecular flexibility index (Phi) is 4.57. The van der Waals surface area contributed by atoms with Crippen LogP contribution >= 0.6 is 0 Å². The van der Waals surface area contributed by atoms with Crippen LogP contribution in [0.5, 0.6) is 0 Å². The molecule has 1 aromatic heterocycles. The minimum atomic E-state index is 0.240. The molecule has 1 heterocycles. The highest BCUT2D eigenvalue weighted by Gasteiger charge is 2.32. The molecule has 0 saturated heterocycles. The number of likely N-dealkylation sites (N-methyl/N-ethyl adjacent to an activating group) is 1. The van der Waals surface area contributed by atoms with Crippen molar-refractivity contribution in [3.05, 3.63) is 30.5 Å². The van der Waals surface area contributed by atoms with Crippen molar-refractivity contribution in [1.82, 2.24) is 14.9 Å². The van der Waals surface area contributed by atoms with E-state index in [1.165, 1.54) is 38.5 Å². The first-order valence-corrected chi connectivity index (χ1v) is 8.33. The van der Waals surface area contributed by atoms with Crippen LogP contribution in [0.15, 0.2) is 30.5 Å². The second-order valence-corrected chi connectivity index (χ2v) is 6.63. The van der Waals surface area contributed by atoms with E-state index in [0.717, 1.165) is 23.4 Å². The van der Waals surface area contributed by atoms with E-state index in [4.69, 9.17) is 0 Å². The van der Waals surface area contributed by atoms with Gasteiger partial charge in [-0.3, -0.25) is 4.98 Å². The van der Waals surface area contributed by atoms with Gasteiger partial charge in [0.05, 0.1) is 17.2 Å². The maximum atomic E-state index is 4.68. The Balaban J connectivity index is 1.75. The van der Waals surface area contributed by atoms with Gasteiger partial charge in [0.25, 0.3) is 0 Å². The normalized spacial score (nSPS) is 18.3. The van der Waals surface area contributed by atoms with E-state index in [1.807, 2.05) is 30.5 Å². The molecule has 2 aromatic rings. The predicted molar refractivity (Wildman–Crippen MR) is 92.1 cm³/mol.